The van der Waals surface area contributed by atoms with Gasteiger partial charge >= 0.3 is 0 Å². The summed E-state index contributed by atoms with van der Waals surface area (Å²) in [4.78, 5) is 17.8. The van der Waals surface area contributed by atoms with Crippen LogP contribution in [-0.4, -0.2) is 41.9 Å². The highest BCUT2D eigenvalue weighted by Gasteiger charge is 2.47. The van der Waals surface area contributed by atoms with Crippen LogP contribution in [0.5, 0.6) is 0 Å². The number of halogens is 1. The average molecular weight is 413 g/mol. The average Bonchev–Trinajstić information content (AvgIpc) is 3.02. The first-order valence-corrected chi connectivity index (χ1v) is 10.8. The van der Waals surface area contributed by atoms with Crippen LogP contribution in [0.2, 0.25) is 0 Å². The fourth-order valence-electron chi connectivity index (χ4n) is 4.78. The number of piperidine rings is 1. The summed E-state index contributed by atoms with van der Waals surface area (Å²) in [6, 6.07) is 19.3. The number of aryl methyl sites for hydroxylation is 2. The van der Waals surface area contributed by atoms with Gasteiger partial charge in [-0.1, -0.05) is 60.2 Å². The predicted molar refractivity (Wildman–Crippen MR) is 121 cm³/mol. The van der Waals surface area contributed by atoms with Gasteiger partial charge < -0.3 is 9.80 Å². The van der Waals surface area contributed by atoms with Gasteiger partial charge in [0.1, 0.15) is 0 Å². The lowest BCUT2D eigenvalue weighted by Gasteiger charge is -2.38. The highest BCUT2D eigenvalue weighted by Crippen LogP contribution is 2.42. The zero-order valence-electron chi connectivity index (χ0n) is 17.5. The molecule has 2 heterocycles. The molecule has 1 amide bonds. The van der Waals surface area contributed by atoms with Crippen molar-refractivity contribution in [3.05, 3.63) is 71.3 Å². The van der Waals surface area contributed by atoms with Gasteiger partial charge in [0.25, 0.3) is 0 Å². The quantitative estimate of drug-likeness (QED) is 0.676. The van der Waals surface area contributed by atoms with E-state index in [4.69, 9.17) is 0 Å². The van der Waals surface area contributed by atoms with Crippen molar-refractivity contribution in [2.75, 3.05) is 26.2 Å². The van der Waals surface area contributed by atoms with Crippen LogP contribution in [0.4, 0.5) is 0 Å². The van der Waals surface area contributed by atoms with Crippen LogP contribution < -0.4 is 0 Å². The van der Waals surface area contributed by atoms with E-state index >= 15 is 0 Å². The summed E-state index contributed by atoms with van der Waals surface area (Å²) in [5.74, 6) is 0.400. The van der Waals surface area contributed by atoms with Crippen LogP contribution in [-0.2, 0) is 17.8 Å². The highest BCUT2D eigenvalue weighted by atomic mass is 35.5. The summed E-state index contributed by atoms with van der Waals surface area (Å²) < 4.78 is 0. The molecule has 0 unspecified atom stereocenters. The maximum Gasteiger partial charge on any atom is 0.229 e. The van der Waals surface area contributed by atoms with Crippen LogP contribution >= 0.6 is 12.4 Å². The number of carbonyl (C=O) groups excluding carboxylic acids is 1. The Labute approximate surface area is 181 Å². The lowest BCUT2D eigenvalue weighted by atomic mass is 9.77. The first-order valence-electron chi connectivity index (χ1n) is 10.8. The molecule has 0 aromatic heterocycles. The molecule has 156 valence electrons. The number of likely N-dealkylation sites (tertiary alicyclic amines) is 2. The van der Waals surface area contributed by atoms with Crippen LogP contribution in [0, 0.1) is 12.3 Å². The van der Waals surface area contributed by atoms with E-state index in [1.54, 1.807) is 0 Å². The highest BCUT2D eigenvalue weighted by molar-refractivity contribution is 5.85. The fraction of sp³-hybridized carbons (Fsp3) is 0.480. The summed E-state index contributed by atoms with van der Waals surface area (Å²) >= 11 is 0. The number of rotatable bonds is 6. The van der Waals surface area contributed by atoms with E-state index in [1.807, 2.05) is 0 Å². The van der Waals surface area contributed by atoms with E-state index in [2.05, 4.69) is 71.3 Å². The standard InChI is InChI=1S/C25H32N2O.ClH/c1-21-9-11-23(12-10-21)20-27-19-15-25(24(27)28)13-17-26(18-14-25)16-5-8-22-6-3-2-4-7-22;/h2-4,6-7,9-12H,5,8,13-20H2,1H3;1H. The van der Waals surface area contributed by atoms with E-state index in [1.165, 1.54) is 23.1 Å². The molecule has 0 aliphatic carbocycles. The molecule has 4 rings (SSSR count). The number of carbonyl (C=O) groups is 1. The van der Waals surface area contributed by atoms with Crippen LogP contribution in [0.15, 0.2) is 54.6 Å². The van der Waals surface area contributed by atoms with E-state index in [0.29, 0.717) is 5.91 Å². The lowest BCUT2D eigenvalue weighted by Crippen LogP contribution is -2.44. The Morgan fingerprint density at radius 1 is 0.862 bits per heavy atom. The van der Waals surface area contributed by atoms with Gasteiger partial charge in [-0.2, -0.15) is 0 Å². The minimum Gasteiger partial charge on any atom is -0.338 e. The number of benzene rings is 2. The summed E-state index contributed by atoms with van der Waals surface area (Å²) in [7, 11) is 0. The van der Waals surface area contributed by atoms with Crippen molar-refractivity contribution in [3.63, 3.8) is 0 Å². The molecule has 0 bridgehead atoms. The first-order chi connectivity index (χ1) is 13.6. The van der Waals surface area contributed by atoms with Crippen molar-refractivity contribution in [1.29, 1.82) is 0 Å². The van der Waals surface area contributed by atoms with Gasteiger partial charge in [-0.05, 0) is 69.8 Å². The third kappa shape index (κ3) is 5.21. The Bertz CT molecular complexity index is 782. The van der Waals surface area contributed by atoms with Crippen LogP contribution in [0.1, 0.15) is 42.4 Å². The van der Waals surface area contributed by atoms with Crippen molar-refractivity contribution >= 4 is 18.3 Å². The summed E-state index contributed by atoms with van der Waals surface area (Å²) in [5.41, 5.74) is 3.86. The van der Waals surface area contributed by atoms with E-state index < -0.39 is 0 Å². The Morgan fingerprint density at radius 3 is 2.21 bits per heavy atom. The molecule has 29 heavy (non-hydrogen) atoms. The molecule has 2 aromatic rings. The van der Waals surface area contributed by atoms with E-state index in [0.717, 1.165) is 58.4 Å². The normalized spacial score (nSPS) is 18.8. The second-order valence-electron chi connectivity index (χ2n) is 8.67. The van der Waals surface area contributed by atoms with Gasteiger partial charge in [0, 0.05) is 13.1 Å². The molecule has 0 N–H and O–H groups in total. The number of hydrogen-bond acceptors (Lipinski definition) is 2. The third-order valence-electron chi connectivity index (χ3n) is 6.69. The maximum atomic E-state index is 13.2. The molecular weight excluding hydrogens is 380 g/mol. The molecule has 0 saturated carbocycles. The van der Waals surface area contributed by atoms with Gasteiger partial charge in [-0.25, -0.2) is 0 Å². The second-order valence-corrected chi connectivity index (χ2v) is 8.67. The number of hydrogen-bond donors (Lipinski definition) is 0. The van der Waals surface area contributed by atoms with E-state index in [-0.39, 0.29) is 17.8 Å². The van der Waals surface area contributed by atoms with E-state index in [9.17, 15) is 4.79 Å². The van der Waals surface area contributed by atoms with Gasteiger partial charge in [0.05, 0.1) is 5.41 Å². The maximum absolute atomic E-state index is 13.2. The van der Waals surface area contributed by atoms with Crippen LogP contribution in [0.3, 0.4) is 0 Å². The molecule has 2 aromatic carbocycles. The Balaban J connectivity index is 0.00000240. The largest absolute Gasteiger partial charge is 0.338 e. The molecule has 2 saturated heterocycles. The fourth-order valence-corrected chi connectivity index (χ4v) is 4.78. The minimum absolute atomic E-state index is 0. The number of nitrogens with zero attached hydrogens (tertiary/aromatic N) is 2. The van der Waals surface area contributed by atoms with Gasteiger partial charge in [-0.15, -0.1) is 12.4 Å². The molecule has 0 atom stereocenters. The Kier molecular flexibility index (Phi) is 7.37. The molecule has 0 radical (unpaired) electrons. The third-order valence-corrected chi connectivity index (χ3v) is 6.69. The number of amides is 1. The molecule has 1 spiro atoms. The predicted octanol–water partition coefficient (Wildman–Crippen LogP) is 4.86. The zero-order chi connectivity index (χ0) is 19.4. The SMILES string of the molecule is Cc1ccc(CN2CCC3(CCN(CCCc4ccccc4)CC3)C2=O)cc1.Cl. The van der Waals surface area contributed by atoms with Crippen molar-refractivity contribution in [3.8, 4) is 0 Å². The molecule has 2 fully saturated rings. The van der Waals surface area contributed by atoms with Crippen molar-refractivity contribution in [2.24, 2.45) is 5.41 Å². The second kappa shape index (κ2) is 9.77. The molecule has 3 nitrogen and oxygen atoms in total. The summed E-state index contributed by atoms with van der Waals surface area (Å²) in [5, 5.41) is 0. The topological polar surface area (TPSA) is 23.6 Å². The Hall–Kier alpha value is -1.84. The zero-order valence-corrected chi connectivity index (χ0v) is 18.3. The van der Waals surface area contributed by atoms with Gasteiger partial charge in [-0.3, -0.25) is 4.79 Å². The van der Waals surface area contributed by atoms with Gasteiger partial charge in [0.15, 0.2) is 0 Å². The summed E-state index contributed by atoms with van der Waals surface area (Å²) in [6.07, 6.45) is 5.44. The first kappa shape index (κ1) is 21.9. The Morgan fingerprint density at radius 2 is 1.52 bits per heavy atom. The van der Waals surface area contributed by atoms with Crippen molar-refractivity contribution in [1.82, 2.24) is 9.80 Å². The molecular formula is C25H33ClN2O. The van der Waals surface area contributed by atoms with Crippen molar-refractivity contribution in [2.45, 2.75) is 45.6 Å². The smallest absolute Gasteiger partial charge is 0.229 e. The van der Waals surface area contributed by atoms with Gasteiger partial charge in [0.2, 0.25) is 5.91 Å². The minimum atomic E-state index is -0.0827. The summed E-state index contributed by atoms with van der Waals surface area (Å²) in [6.45, 7) is 7.07. The molecule has 4 heteroatoms. The van der Waals surface area contributed by atoms with Crippen molar-refractivity contribution < 1.29 is 4.79 Å². The lowest BCUT2D eigenvalue weighted by molar-refractivity contribution is -0.138. The molecule has 2 aliphatic heterocycles. The van der Waals surface area contributed by atoms with Crippen LogP contribution in [0.25, 0.3) is 0 Å². The molecule has 2 aliphatic rings. The monoisotopic (exact) mass is 412 g/mol.